The van der Waals surface area contributed by atoms with Crippen molar-refractivity contribution < 1.29 is 4.42 Å². The van der Waals surface area contributed by atoms with Crippen molar-refractivity contribution in [1.82, 2.24) is 10.2 Å². The molecule has 4 heteroatoms. The van der Waals surface area contributed by atoms with Gasteiger partial charge < -0.3 is 4.42 Å². The highest BCUT2D eigenvalue weighted by Gasteiger charge is 2.04. The van der Waals surface area contributed by atoms with Crippen LogP contribution in [0.3, 0.4) is 0 Å². The first-order chi connectivity index (χ1) is 5.90. The van der Waals surface area contributed by atoms with Gasteiger partial charge in [-0.25, -0.2) is 0 Å². The van der Waals surface area contributed by atoms with Gasteiger partial charge in [0.2, 0.25) is 0 Å². The van der Waals surface area contributed by atoms with E-state index in [2.05, 4.69) is 10.2 Å². The van der Waals surface area contributed by atoms with Gasteiger partial charge in [0.15, 0.2) is 5.76 Å². The van der Waals surface area contributed by atoms with Gasteiger partial charge in [-0.15, -0.1) is 11.6 Å². The first-order valence-corrected chi connectivity index (χ1v) is 4.08. The Morgan fingerprint density at radius 1 is 1.58 bits per heavy atom. The van der Waals surface area contributed by atoms with E-state index in [9.17, 15) is 0 Å². The maximum atomic E-state index is 5.60. The first kappa shape index (κ1) is 7.43. The molecule has 0 aliphatic rings. The number of hydrogen-bond acceptors (Lipinski definition) is 2. The summed E-state index contributed by atoms with van der Waals surface area (Å²) in [6.45, 7) is 0. The highest BCUT2D eigenvalue weighted by molar-refractivity contribution is 6.16. The van der Waals surface area contributed by atoms with E-state index in [1.807, 2.05) is 18.2 Å². The van der Waals surface area contributed by atoms with Gasteiger partial charge in [0.1, 0.15) is 5.69 Å². The molecule has 0 aliphatic carbocycles. The van der Waals surface area contributed by atoms with Gasteiger partial charge in [-0.2, -0.15) is 5.10 Å². The van der Waals surface area contributed by atoms with Crippen molar-refractivity contribution in [2.75, 3.05) is 0 Å². The predicted molar refractivity (Wildman–Crippen MR) is 45.8 cm³/mol. The van der Waals surface area contributed by atoms with E-state index in [0.29, 0.717) is 5.88 Å². The quantitative estimate of drug-likeness (QED) is 0.725. The highest BCUT2D eigenvalue weighted by atomic mass is 35.5. The fourth-order valence-corrected chi connectivity index (χ4v) is 1.12. The van der Waals surface area contributed by atoms with Crippen LogP contribution in [0.5, 0.6) is 0 Å². The van der Waals surface area contributed by atoms with Crippen LogP contribution in [0.25, 0.3) is 11.5 Å². The molecule has 12 heavy (non-hydrogen) atoms. The molecule has 0 aliphatic heterocycles. The number of aromatic nitrogens is 2. The van der Waals surface area contributed by atoms with Crippen molar-refractivity contribution in [3.05, 3.63) is 30.2 Å². The molecular weight excluding hydrogens is 176 g/mol. The molecule has 0 saturated carbocycles. The molecular formula is C8H7ClN2O. The highest BCUT2D eigenvalue weighted by Crippen LogP contribution is 2.18. The first-order valence-electron chi connectivity index (χ1n) is 3.54. The van der Waals surface area contributed by atoms with E-state index >= 15 is 0 Å². The summed E-state index contributed by atoms with van der Waals surface area (Å²) in [5.41, 5.74) is 1.68. The molecule has 2 heterocycles. The number of rotatable bonds is 2. The molecule has 0 aromatic carbocycles. The standard InChI is InChI=1S/C8H7ClN2O/c9-5-6-4-7(11-10-6)8-2-1-3-12-8/h1-4H,5H2,(H,10,11). The SMILES string of the molecule is ClCc1cc(-c2ccco2)n[nH]1. The second-order valence-electron chi connectivity index (χ2n) is 2.39. The van der Waals surface area contributed by atoms with Crippen LogP contribution in [0.1, 0.15) is 5.69 Å². The topological polar surface area (TPSA) is 41.8 Å². The Labute approximate surface area is 74.3 Å². The van der Waals surface area contributed by atoms with Crippen LogP contribution in [0.15, 0.2) is 28.9 Å². The van der Waals surface area contributed by atoms with Crippen LogP contribution < -0.4 is 0 Å². The summed E-state index contributed by atoms with van der Waals surface area (Å²) < 4.78 is 5.15. The van der Waals surface area contributed by atoms with Gasteiger partial charge in [0.25, 0.3) is 0 Å². The second kappa shape index (κ2) is 3.03. The molecule has 2 aromatic heterocycles. The molecule has 1 N–H and O–H groups in total. The number of alkyl halides is 1. The van der Waals surface area contributed by atoms with Crippen LogP contribution in [0.2, 0.25) is 0 Å². The van der Waals surface area contributed by atoms with E-state index in [1.54, 1.807) is 6.26 Å². The molecule has 2 rings (SSSR count). The summed E-state index contributed by atoms with van der Waals surface area (Å²) >= 11 is 5.60. The van der Waals surface area contributed by atoms with Gasteiger partial charge in [-0.05, 0) is 18.2 Å². The molecule has 0 unspecified atom stereocenters. The lowest BCUT2D eigenvalue weighted by Gasteiger charge is -1.84. The van der Waals surface area contributed by atoms with Crippen molar-refractivity contribution in [1.29, 1.82) is 0 Å². The zero-order valence-corrected chi connectivity index (χ0v) is 7.01. The van der Waals surface area contributed by atoms with Gasteiger partial charge in [-0.1, -0.05) is 0 Å². The molecule has 0 saturated heterocycles. The van der Waals surface area contributed by atoms with Crippen LogP contribution in [0.4, 0.5) is 0 Å². The number of nitrogens with zero attached hydrogens (tertiary/aromatic N) is 1. The third-order valence-electron chi connectivity index (χ3n) is 1.55. The lowest BCUT2D eigenvalue weighted by atomic mass is 10.3. The fraction of sp³-hybridized carbons (Fsp3) is 0.125. The third kappa shape index (κ3) is 1.23. The minimum atomic E-state index is 0.438. The third-order valence-corrected chi connectivity index (χ3v) is 1.84. The molecule has 0 fully saturated rings. The molecule has 0 amide bonds. The van der Waals surface area contributed by atoms with Crippen molar-refractivity contribution in [3.63, 3.8) is 0 Å². The number of aromatic amines is 1. The maximum Gasteiger partial charge on any atom is 0.154 e. The minimum absolute atomic E-state index is 0.438. The number of halogens is 1. The largest absolute Gasteiger partial charge is 0.463 e. The van der Waals surface area contributed by atoms with E-state index in [-0.39, 0.29) is 0 Å². The number of furan rings is 1. The smallest absolute Gasteiger partial charge is 0.154 e. The lowest BCUT2D eigenvalue weighted by Crippen LogP contribution is -1.74. The Hall–Kier alpha value is -1.22. The van der Waals surface area contributed by atoms with Crippen LogP contribution in [-0.2, 0) is 5.88 Å². The summed E-state index contributed by atoms with van der Waals surface area (Å²) in [5, 5.41) is 6.83. The van der Waals surface area contributed by atoms with Crippen LogP contribution in [-0.4, -0.2) is 10.2 Å². The van der Waals surface area contributed by atoms with Crippen molar-refractivity contribution >= 4 is 11.6 Å². The fourth-order valence-electron chi connectivity index (χ4n) is 0.981. The Balaban J connectivity index is 2.35. The molecule has 62 valence electrons. The Morgan fingerprint density at radius 2 is 2.50 bits per heavy atom. The maximum absolute atomic E-state index is 5.60. The van der Waals surface area contributed by atoms with Gasteiger partial charge in [0.05, 0.1) is 17.8 Å². The van der Waals surface area contributed by atoms with E-state index in [1.165, 1.54) is 0 Å². The molecule has 0 radical (unpaired) electrons. The summed E-state index contributed by atoms with van der Waals surface area (Å²) in [7, 11) is 0. The van der Waals surface area contributed by atoms with Gasteiger partial charge in [-0.3, -0.25) is 5.10 Å². The van der Waals surface area contributed by atoms with E-state index < -0.39 is 0 Å². The number of H-pyrrole nitrogens is 1. The Kier molecular flexibility index (Phi) is 1.87. The van der Waals surface area contributed by atoms with Crippen molar-refractivity contribution in [3.8, 4) is 11.5 Å². The predicted octanol–water partition coefficient (Wildman–Crippen LogP) is 2.41. The van der Waals surface area contributed by atoms with Crippen LogP contribution >= 0.6 is 11.6 Å². The summed E-state index contributed by atoms with van der Waals surface area (Å²) in [6.07, 6.45) is 1.62. The average Bonchev–Trinajstić information content (AvgIpc) is 2.75. The Morgan fingerprint density at radius 3 is 3.08 bits per heavy atom. The monoisotopic (exact) mass is 182 g/mol. The molecule has 0 atom stereocenters. The molecule has 0 spiro atoms. The number of nitrogens with one attached hydrogen (secondary N) is 1. The minimum Gasteiger partial charge on any atom is -0.463 e. The van der Waals surface area contributed by atoms with E-state index in [4.69, 9.17) is 16.0 Å². The van der Waals surface area contributed by atoms with Crippen molar-refractivity contribution in [2.24, 2.45) is 0 Å². The molecule has 2 aromatic rings. The second-order valence-corrected chi connectivity index (χ2v) is 2.66. The Bertz CT molecular complexity index is 353. The summed E-state index contributed by atoms with van der Waals surface area (Å²) in [4.78, 5) is 0. The zero-order chi connectivity index (χ0) is 8.39. The van der Waals surface area contributed by atoms with Crippen molar-refractivity contribution in [2.45, 2.75) is 5.88 Å². The van der Waals surface area contributed by atoms with E-state index in [0.717, 1.165) is 17.1 Å². The summed E-state index contributed by atoms with van der Waals surface area (Å²) in [5.74, 6) is 1.19. The zero-order valence-electron chi connectivity index (χ0n) is 6.25. The van der Waals surface area contributed by atoms with Gasteiger partial charge in [0, 0.05) is 0 Å². The molecule has 0 bridgehead atoms. The van der Waals surface area contributed by atoms with Crippen LogP contribution in [0, 0.1) is 0 Å². The van der Waals surface area contributed by atoms with Gasteiger partial charge >= 0.3 is 0 Å². The average molecular weight is 183 g/mol. The lowest BCUT2D eigenvalue weighted by molar-refractivity contribution is 0.580. The number of hydrogen-bond donors (Lipinski definition) is 1. The normalized spacial score (nSPS) is 10.4. The summed E-state index contributed by atoms with van der Waals surface area (Å²) in [6, 6.07) is 5.55. The molecule has 3 nitrogen and oxygen atoms in total.